The molecule has 5 heteroatoms. The topological polar surface area (TPSA) is 60.8 Å². The van der Waals surface area contributed by atoms with Crippen molar-refractivity contribution in [1.82, 2.24) is 4.90 Å². The summed E-state index contributed by atoms with van der Waals surface area (Å²) in [7, 11) is 0. The van der Waals surface area contributed by atoms with E-state index < -0.39 is 18.2 Å². The molecule has 2 atom stereocenters. The van der Waals surface area contributed by atoms with Gasteiger partial charge in [0.1, 0.15) is 0 Å². The average molecular weight is 272 g/mol. The van der Waals surface area contributed by atoms with Crippen molar-refractivity contribution in [3.8, 4) is 0 Å². The summed E-state index contributed by atoms with van der Waals surface area (Å²) in [6.07, 6.45) is -1.20. The zero-order chi connectivity index (χ0) is 13.7. The molecule has 4 nitrogen and oxygen atoms in total. The third-order valence-electron chi connectivity index (χ3n) is 2.73. The lowest BCUT2D eigenvalue weighted by Crippen LogP contribution is -2.39. The van der Waals surface area contributed by atoms with E-state index in [1.54, 1.807) is 31.2 Å². The van der Waals surface area contributed by atoms with Gasteiger partial charge in [-0.05, 0) is 25.0 Å². The molecule has 100 valence electrons. The van der Waals surface area contributed by atoms with E-state index in [0.29, 0.717) is 23.6 Å². The van der Waals surface area contributed by atoms with Gasteiger partial charge in [0, 0.05) is 11.6 Å². The van der Waals surface area contributed by atoms with Gasteiger partial charge in [-0.25, -0.2) is 4.79 Å². The Morgan fingerprint density at radius 2 is 2.06 bits per heavy atom. The Bertz CT molecular complexity index is 409. The Balaban J connectivity index is 3.16. The van der Waals surface area contributed by atoms with Crippen LogP contribution in [0.1, 0.15) is 31.9 Å². The fourth-order valence-corrected chi connectivity index (χ4v) is 2.25. The molecule has 0 heterocycles. The quantitative estimate of drug-likeness (QED) is 0.865. The zero-order valence-corrected chi connectivity index (χ0v) is 11.3. The molecule has 0 radical (unpaired) electrons. The van der Waals surface area contributed by atoms with Gasteiger partial charge in [0.15, 0.2) is 0 Å². The molecule has 0 aliphatic carbocycles. The number of rotatable bonds is 5. The van der Waals surface area contributed by atoms with E-state index in [9.17, 15) is 15.0 Å². The van der Waals surface area contributed by atoms with Crippen molar-refractivity contribution in [2.45, 2.75) is 32.4 Å². The lowest BCUT2D eigenvalue weighted by molar-refractivity contribution is 0.0568. The van der Waals surface area contributed by atoms with Crippen LogP contribution < -0.4 is 0 Å². The van der Waals surface area contributed by atoms with Crippen LogP contribution in [0.4, 0.5) is 4.79 Å². The first-order valence-electron chi connectivity index (χ1n) is 5.91. The highest BCUT2D eigenvalue weighted by Gasteiger charge is 2.29. The molecule has 0 aliphatic rings. The van der Waals surface area contributed by atoms with E-state index in [2.05, 4.69) is 0 Å². The first kappa shape index (κ1) is 14.8. The van der Waals surface area contributed by atoms with Gasteiger partial charge >= 0.3 is 6.09 Å². The molecule has 0 spiro atoms. The first-order valence-corrected chi connectivity index (χ1v) is 6.28. The van der Waals surface area contributed by atoms with Crippen molar-refractivity contribution in [1.29, 1.82) is 0 Å². The molecule has 0 saturated carbocycles. The molecule has 1 aromatic rings. The Hall–Kier alpha value is -1.26. The summed E-state index contributed by atoms with van der Waals surface area (Å²) in [5, 5.41) is 19.6. The van der Waals surface area contributed by atoms with E-state index in [4.69, 9.17) is 11.6 Å². The molecule has 2 N–H and O–H groups in total. The lowest BCUT2D eigenvalue weighted by Gasteiger charge is -2.32. The number of aliphatic hydroxyl groups is 1. The van der Waals surface area contributed by atoms with Crippen LogP contribution in [0.5, 0.6) is 0 Å². The van der Waals surface area contributed by atoms with Crippen LogP contribution in [0.3, 0.4) is 0 Å². The number of nitrogens with zero attached hydrogens (tertiary/aromatic N) is 1. The van der Waals surface area contributed by atoms with Gasteiger partial charge in [0.2, 0.25) is 0 Å². The molecular formula is C13H18ClNO3. The van der Waals surface area contributed by atoms with Crippen molar-refractivity contribution in [3.05, 3.63) is 34.9 Å². The summed E-state index contributed by atoms with van der Waals surface area (Å²) >= 11 is 6.08. The Morgan fingerprint density at radius 3 is 2.50 bits per heavy atom. The normalized spacial score (nSPS) is 14.0. The number of amides is 1. The number of carbonyl (C=O) groups is 1. The lowest BCUT2D eigenvalue weighted by atomic mass is 10.0. The molecule has 0 aromatic heterocycles. The maximum atomic E-state index is 11.3. The SMILES string of the molecule is CCCN(C(=O)O)[C@H](c1ccccc1Cl)[C@@H](C)O. The summed E-state index contributed by atoms with van der Waals surface area (Å²) in [5.74, 6) is 0. The molecular weight excluding hydrogens is 254 g/mol. The van der Waals surface area contributed by atoms with Crippen molar-refractivity contribution < 1.29 is 15.0 Å². The van der Waals surface area contributed by atoms with E-state index in [1.165, 1.54) is 4.90 Å². The minimum absolute atomic E-state index is 0.357. The molecule has 1 rings (SSSR count). The van der Waals surface area contributed by atoms with Crippen LogP contribution in [0.2, 0.25) is 5.02 Å². The second-order valence-corrected chi connectivity index (χ2v) is 4.59. The fourth-order valence-electron chi connectivity index (χ4n) is 2.00. The van der Waals surface area contributed by atoms with Crippen LogP contribution in [0, 0.1) is 0 Å². The maximum Gasteiger partial charge on any atom is 0.407 e. The van der Waals surface area contributed by atoms with Gasteiger partial charge in [-0.1, -0.05) is 36.7 Å². The summed E-state index contributed by atoms with van der Waals surface area (Å²) in [6.45, 7) is 3.82. The van der Waals surface area contributed by atoms with Gasteiger partial charge in [-0.3, -0.25) is 4.90 Å². The number of benzene rings is 1. The molecule has 0 saturated heterocycles. The number of hydrogen-bond donors (Lipinski definition) is 2. The van der Waals surface area contributed by atoms with Gasteiger partial charge in [0.05, 0.1) is 12.1 Å². The maximum absolute atomic E-state index is 11.3. The molecule has 1 aromatic carbocycles. The first-order chi connectivity index (χ1) is 8.49. The minimum atomic E-state index is -1.05. The van der Waals surface area contributed by atoms with Crippen LogP contribution in [-0.4, -0.2) is 33.9 Å². The van der Waals surface area contributed by atoms with E-state index in [-0.39, 0.29) is 0 Å². The second kappa shape index (κ2) is 6.61. The highest BCUT2D eigenvalue weighted by atomic mass is 35.5. The Kier molecular flexibility index (Phi) is 5.44. The minimum Gasteiger partial charge on any atom is -0.465 e. The smallest absolute Gasteiger partial charge is 0.407 e. The van der Waals surface area contributed by atoms with Crippen LogP contribution >= 0.6 is 11.6 Å². The molecule has 0 aliphatic heterocycles. The van der Waals surface area contributed by atoms with Crippen LogP contribution in [-0.2, 0) is 0 Å². The van der Waals surface area contributed by atoms with Gasteiger partial charge in [0.25, 0.3) is 0 Å². The number of halogens is 1. The predicted octanol–water partition coefficient (Wildman–Crippen LogP) is 3.15. The molecule has 18 heavy (non-hydrogen) atoms. The summed E-state index contributed by atoms with van der Waals surface area (Å²) in [4.78, 5) is 12.5. The Morgan fingerprint density at radius 1 is 1.44 bits per heavy atom. The second-order valence-electron chi connectivity index (χ2n) is 4.18. The molecule has 0 bridgehead atoms. The molecule has 1 amide bonds. The highest BCUT2D eigenvalue weighted by molar-refractivity contribution is 6.31. The summed E-state index contributed by atoms with van der Waals surface area (Å²) < 4.78 is 0. The van der Waals surface area contributed by atoms with E-state index in [0.717, 1.165) is 0 Å². The van der Waals surface area contributed by atoms with Crippen molar-refractivity contribution >= 4 is 17.7 Å². The van der Waals surface area contributed by atoms with E-state index >= 15 is 0 Å². The number of aliphatic hydroxyl groups excluding tert-OH is 1. The fraction of sp³-hybridized carbons (Fsp3) is 0.462. The van der Waals surface area contributed by atoms with Gasteiger partial charge in [-0.15, -0.1) is 0 Å². The standard InChI is InChI=1S/C13H18ClNO3/c1-3-8-15(13(17)18)12(9(2)16)10-6-4-5-7-11(10)14/h4-7,9,12,16H,3,8H2,1-2H3,(H,17,18)/t9-,12+/m1/s1. The average Bonchev–Trinajstić information content (AvgIpc) is 2.30. The van der Waals surface area contributed by atoms with Gasteiger partial charge < -0.3 is 10.2 Å². The van der Waals surface area contributed by atoms with E-state index in [1.807, 2.05) is 6.92 Å². The monoisotopic (exact) mass is 271 g/mol. The molecule has 0 fully saturated rings. The number of hydrogen-bond acceptors (Lipinski definition) is 2. The number of carboxylic acid groups (broad SMARTS) is 1. The third-order valence-corrected chi connectivity index (χ3v) is 3.07. The summed E-state index contributed by atoms with van der Waals surface area (Å²) in [6, 6.07) is 6.35. The zero-order valence-electron chi connectivity index (χ0n) is 10.5. The van der Waals surface area contributed by atoms with Crippen LogP contribution in [0.25, 0.3) is 0 Å². The summed E-state index contributed by atoms with van der Waals surface area (Å²) in [5.41, 5.74) is 0.630. The van der Waals surface area contributed by atoms with Crippen molar-refractivity contribution in [3.63, 3.8) is 0 Å². The Labute approximate surface area is 112 Å². The highest BCUT2D eigenvalue weighted by Crippen LogP contribution is 2.30. The van der Waals surface area contributed by atoms with Crippen molar-refractivity contribution in [2.24, 2.45) is 0 Å². The van der Waals surface area contributed by atoms with Gasteiger partial charge in [-0.2, -0.15) is 0 Å². The molecule has 0 unspecified atom stereocenters. The predicted molar refractivity (Wildman–Crippen MR) is 70.9 cm³/mol. The van der Waals surface area contributed by atoms with Crippen LogP contribution in [0.15, 0.2) is 24.3 Å². The van der Waals surface area contributed by atoms with Crippen molar-refractivity contribution in [2.75, 3.05) is 6.54 Å². The largest absolute Gasteiger partial charge is 0.465 e. The third kappa shape index (κ3) is 3.37.